The molecule has 2 heterocycles. The van der Waals surface area contributed by atoms with Crippen molar-refractivity contribution in [2.24, 2.45) is 0 Å². The maximum atomic E-state index is 13.1. The Morgan fingerprint density at radius 1 is 1.00 bits per heavy atom. The molecule has 30 heavy (non-hydrogen) atoms. The van der Waals surface area contributed by atoms with Gasteiger partial charge < -0.3 is 9.80 Å². The van der Waals surface area contributed by atoms with E-state index in [4.69, 9.17) is 0 Å². The number of likely N-dealkylation sites (tertiary alicyclic amines) is 1. The first kappa shape index (κ1) is 20.9. The van der Waals surface area contributed by atoms with Crippen LogP contribution in [0.4, 0.5) is 5.69 Å². The highest BCUT2D eigenvalue weighted by Crippen LogP contribution is 2.44. The third-order valence-electron chi connectivity index (χ3n) is 5.65. The maximum Gasteiger partial charge on any atom is 0.270 e. The maximum absolute atomic E-state index is 13.1. The Bertz CT molecular complexity index is 990. The van der Waals surface area contributed by atoms with E-state index in [2.05, 4.69) is 15.9 Å². The second-order valence-corrected chi connectivity index (χ2v) is 9.73. The van der Waals surface area contributed by atoms with Crippen molar-refractivity contribution in [2.75, 3.05) is 25.4 Å². The number of hydrogen-bond donors (Lipinski definition) is 0. The van der Waals surface area contributed by atoms with E-state index in [0.717, 1.165) is 10.2 Å². The second kappa shape index (κ2) is 8.39. The number of thioether (sulfide) groups is 1. The molecule has 0 atom stereocenters. The van der Waals surface area contributed by atoms with Gasteiger partial charge in [0.2, 0.25) is 0 Å². The zero-order valence-electron chi connectivity index (χ0n) is 16.1. The molecular weight excluding hydrogens is 470 g/mol. The molecule has 156 valence electrons. The van der Waals surface area contributed by atoms with Gasteiger partial charge in [0.25, 0.3) is 17.5 Å². The van der Waals surface area contributed by atoms with E-state index >= 15 is 0 Å². The molecule has 2 aliphatic heterocycles. The Labute approximate surface area is 186 Å². The van der Waals surface area contributed by atoms with Gasteiger partial charge >= 0.3 is 0 Å². The summed E-state index contributed by atoms with van der Waals surface area (Å²) in [6, 6.07) is 13.2. The summed E-state index contributed by atoms with van der Waals surface area (Å²) in [5.74, 6) is 0.689. The summed E-state index contributed by atoms with van der Waals surface area (Å²) in [4.78, 5) is 39.9. The zero-order chi connectivity index (χ0) is 21.3. The molecule has 0 N–H and O–H groups in total. The average molecular weight is 490 g/mol. The number of hydrogen-bond acceptors (Lipinski definition) is 5. The SMILES string of the molecule is O=C(c1cccc([N+](=O)[O-])c1)N1CCC2(CC1)SCCN2C(=O)c1ccc(Br)cc1. The number of rotatable bonds is 3. The Balaban J connectivity index is 1.46. The number of carbonyl (C=O) groups is 2. The van der Waals surface area contributed by atoms with Crippen LogP contribution in [0.2, 0.25) is 0 Å². The smallest absolute Gasteiger partial charge is 0.270 e. The summed E-state index contributed by atoms with van der Waals surface area (Å²) >= 11 is 5.18. The number of nitro groups is 1. The molecule has 0 unspecified atom stereocenters. The van der Waals surface area contributed by atoms with Gasteiger partial charge in [0.05, 0.1) is 9.79 Å². The Kier molecular flexibility index (Phi) is 5.84. The van der Waals surface area contributed by atoms with E-state index in [9.17, 15) is 19.7 Å². The third kappa shape index (κ3) is 3.96. The van der Waals surface area contributed by atoms with Crippen LogP contribution >= 0.6 is 27.7 Å². The lowest BCUT2D eigenvalue weighted by molar-refractivity contribution is -0.384. The van der Waals surface area contributed by atoms with Crippen molar-refractivity contribution in [3.63, 3.8) is 0 Å². The standard InChI is InChI=1S/C21H20BrN3O4S/c22-17-6-4-15(5-7-17)20(27)24-12-13-30-21(24)8-10-23(11-9-21)19(26)16-2-1-3-18(14-16)25(28)29/h1-7,14H,8-13H2. The summed E-state index contributed by atoms with van der Waals surface area (Å²) in [6.07, 6.45) is 1.36. The van der Waals surface area contributed by atoms with Gasteiger partial charge in [0, 0.05) is 53.1 Å². The fraction of sp³-hybridized carbons (Fsp3) is 0.333. The van der Waals surface area contributed by atoms with E-state index in [1.807, 2.05) is 29.2 Å². The predicted octanol–water partition coefficient (Wildman–Crippen LogP) is 4.18. The average Bonchev–Trinajstić information content (AvgIpc) is 3.16. The van der Waals surface area contributed by atoms with Gasteiger partial charge in [-0.1, -0.05) is 22.0 Å². The minimum Gasteiger partial charge on any atom is -0.338 e. The van der Waals surface area contributed by atoms with Crippen LogP contribution in [0.15, 0.2) is 53.0 Å². The van der Waals surface area contributed by atoms with Crippen molar-refractivity contribution in [1.82, 2.24) is 9.80 Å². The van der Waals surface area contributed by atoms with Crippen LogP contribution in [0.3, 0.4) is 0 Å². The second-order valence-electron chi connectivity index (χ2n) is 7.36. The van der Waals surface area contributed by atoms with Gasteiger partial charge in [0.1, 0.15) is 0 Å². The van der Waals surface area contributed by atoms with Crippen LogP contribution in [-0.2, 0) is 0 Å². The molecule has 2 saturated heterocycles. The third-order valence-corrected chi connectivity index (χ3v) is 7.73. The number of benzene rings is 2. The van der Waals surface area contributed by atoms with Crippen molar-refractivity contribution >= 4 is 45.2 Å². The molecule has 7 nitrogen and oxygen atoms in total. The normalized spacial score (nSPS) is 17.9. The lowest BCUT2D eigenvalue weighted by atomic mass is 10.00. The lowest BCUT2D eigenvalue weighted by Gasteiger charge is -2.44. The molecule has 0 bridgehead atoms. The first-order chi connectivity index (χ1) is 14.4. The highest BCUT2D eigenvalue weighted by atomic mass is 79.9. The van der Waals surface area contributed by atoms with Gasteiger partial charge in [0.15, 0.2) is 0 Å². The monoisotopic (exact) mass is 489 g/mol. The van der Waals surface area contributed by atoms with E-state index in [-0.39, 0.29) is 22.4 Å². The van der Waals surface area contributed by atoms with Crippen LogP contribution in [0.5, 0.6) is 0 Å². The number of nitrogens with zero attached hydrogens (tertiary/aromatic N) is 3. The lowest BCUT2D eigenvalue weighted by Crippen LogP contribution is -2.53. The molecule has 2 aliphatic rings. The van der Waals surface area contributed by atoms with Crippen LogP contribution in [0.25, 0.3) is 0 Å². The minimum absolute atomic E-state index is 0.0194. The first-order valence-corrected chi connectivity index (χ1v) is 11.4. The fourth-order valence-electron chi connectivity index (χ4n) is 4.05. The molecule has 0 radical (unpaired) electrons. The molecule has 0 aliphatic carbocycles. The summed E-state index contributed by atoms with van der Waals surface area (Å²) in [6.45, 7) is 1.72. The minimum atomic E-state index is -0.497. The molecule has 1 spiro atoms. The van der Waals surface area contributed by atoms with Gasteiger partial charge in [-0.2, -0.15) is 0 Å². The summed E-state index contributed by atoms with van der Waals surface area (Å²) in [5, 5.41) is 11.0. The molecule has 9 heteroatoms. The van der Waals surface area contributed by atoms with Crippen molar-refractivity contribution in [1.29, 1.82) is 0 Å². The van der Waals surface area contributed by atoms with Gasteiger partial charge in [-0.15, -0.1) is 11.8 Å². The predicted molar refractivity (Wildman–Crippen MR) is 119 cm³/mol. The molecule has 2 aromatic rings. The Morgan fingerprint density at radius 3 is 2.37 bits per heavy atom. The van der Waals surface area contributed by atoms with E-state index in [1.54, 1.807) is 22.7 Å². The number of piperidine rings is 1. The summed E-state index contributed by atoms with van der Waals surface area (Å²) in [7, 11) is 0. The molecule has 4 rings (SSSR count). The van der Waals surface area contributed by atoms with Crippen molar-refractivity contribution < 1.29 is 14.5 Å². The van der Waals surface area contributed by atoms with Crippen LogP contribution in [0, 0.1) is 10.1 Å². The first-order valence-electron chi connectivity index (χ1n) is 9.65. The largest absolute Gasteiger partial charge is 0.338 e. The molecule has 2 amide bonds. The van der Waals surface area contributed by atoms with Crippen molar-refractivity contribution in [3.8, 4) is 0 Å². The summed E-state index contributed by atoms with van der Waals surface area (Å²) in [5.41, 5.74) is 0.893. The number of halogens is 1. The highest BCUT2D eigenvalue weighted by Gasteiger charge is 2.47. The van der Waals surface area contributed by atoms with Crippen molar-refractivity contribution in [3.05, 3.63) is 74.2 Å². The van der Waals surface area contributed by atoms with E-state index in [0.29, 0.717) is 43.6 Å². The van der Waals surface area contributed by atoms with Gasteiger partial charge in [-0.3, -0.25) is 19.7 Å². The van der Waals surface area contributed by atoms with Crippen molar-refractivity contribution in [2.45, 2.75) is 17.7 Å². The number of non-ortho nitro benzene ring substituents is 1. The van der Waals surface area contributed by atoms with Crippen LogP contribution < -0.4 is 0 Å². The molecule has 2 fully saturated rings. The number of carbonyl (C=O) groups excluding carboxylic acids is 2. The summed E-state index contributed by atoms with van der Waals surface area (Å²) < 4.78 is 0.928. The van der Waals surface area contributed by atoms with Crippen LogP contribution in [0.1, 0.15) is 33.6 Å². The molecule has 2 aromatic carbocycles. The van der Waals surface area contributed by atoms with Gasteiger partial charge in [-0.25, -0.2) is 0 Å². The Morgan fingerprint density at radius 2 is 1.70 bits per heavy atom. The quantitative estimate of drug-likeness (QED) is 0.476. The number of amides is 2. The molecule has 0 aromatic heterocycles. The van der Waals surface area contributed by atoms with E-state index < -0.39 is 4.92 Å². The number of nitro benzene ring substituents is 1. The zero-order valence-corrected chi connectivity index (χ0v) is 18.5. The van der Waals surface area contributed by atoms with Gasteiger partial charge in [-0.05, 0) is 43.2 Å². The van der Waals surface area contributed by atoms with E-state index in [1.165, 1.54) is 18.2 Å². The molecular formula is C21H20BrN3O4S. The Hall–Kier alpha value is -2.39. The molecule has 0 saturated carbocycles. The van der Waals surface area contributed by atoms with Crippen LogP contribution in [-0.4, -0.2) is 56.8 Å². The topological polar surface area (TPSA) is 83.8 Å². The fourth-order valence-corrected chi connectivity index (χ4v) is 5.77. The highest BCUT2D eigenvalue weighted by molar-refractivity contribution is 9.10.